The zero-order valence-electron chi connectivity index (χ0n) is 15.6. The molecule has 0 N–H and O–H groups in total. The molecule has 2 aromatic rings. The first kappa shape index (κ1) is 18.3. The molecule has 0 bridgehead atoms. The number of hydrogen-bond donors (Lipinski definition) is 0. The minimum absolute atomic E-state index is 0.0556. The molecule has 0 radical (unpaired) electrons. The highest BCUT2D eigenvalue weighted by molar-refractivity contribution is 6.03. The number of urea groups is 1. The summed E-state index contributed by atoms with van der Waals surface area (Å²) in [5.41, 5.74) is 1.07. The largest absolute Gasteiger partial charge is 0.377 e. The minimum atomic E-state index is -0.804. The Hall–Kier alpha value is -3.07. The molecule has 28 heavy (non-hydrogen) atoms. The van der Waals surface area contributed by atoms with Crippen LogP contribution in [0.1, 0.15) is 17.3 Å². The molecule has 1 aromatic heterocycles. The van der Waals surface area contributed by atoms with E-state index in [0.717, 1.165) is 0 Å². The molecule has 0 saturated carbocycles. The normalized spacial score (nSPS) is 18.8. The van der Waals surface area contributed by atoms with Crippen LogP contribution in [0.25, 0.3) is 0 Å². The molecule has 1 aromatic carbocycles. The second-order valence-corrected chi connectivity index (χ2v) is 6.86. The number of rotatable bonds is 4. The summed E-state index contributed by atoms with van der Waals surface area (Å²) in [5, 5.41) is 0. The molecule has 1 unspecified atom stereocenters. The number of ether oxygens (including phenoxy) is 1. The van der Waals surface area contributed by atoms with E-state index in [2.05, 4.69) is 9.97 Å². The van der Waals surface area contributed by atoms with E-state index in [0.29, 0.717) is 42.3 Å². The van der Waals surface area contributed by atoms with E-state index >= 15 is 0 Å². The molecular weight excluding hydrogens is 365 g/mol. The van der Waals surface area contributed by atoms with E-state index in [-0.39, 0.29) is 24.4 Å². The molecule has 1 saturated heterocycles. The van der Waals surface area contributed by atoms with Gasteiger partial charge in [0.1, 0.15) is 18.1 Å². The van der Waals surface area contributed by atoms with Gasteiger partial charge in [0.25, 0.3) is 0 Å². The molecule has 1 fully saturated rings. The Bertz CT molecular complexity index is 918. The van der Waals surface area contributed by atoms with Gasteiger partial charge in [-0.15, -0.1) is 0 Å². The number of likely N-dealkylation sites (tertiary alicyclic amines) is 1. The van der Waals surface area contributed by atoms with Crippen LogP contribution in [0.4, 0.5) is 20.7 Å². The number of amides is 2. The fourth-order valence-electron chi connectivity index (χ4n) is 3.63. The molecule has 0 aliphatic carbocycles. The molecule has 2 aliphatic heterocycles. The van der Waals surface area contributed by atoms with Gasteiger partial charge in [0.15, 0.2) is 24.1 Å². The summed E-state index contributed by atoms with van der Waals surface area (Å²) in [6.07, 6.45) is 1.42. The van der Waals surface area contributed by atoms with Crippen LogP contribution in [0.2, 0.25) is 0 Å². The summed E-state index contributed by atoms with van der Waals surface area (Å²) in [4.78, 5) is 38.0. The van der Waals surface area contributed by atoms with Gasteiger partial charge in [-0.25, -0.2) is 19.2 Å². The predicted molar refractivity (Wildman–Crippen MR) is 99.6 cm³/mol. The van der Waals surface area contributed by atoms with Crippen LogP contribution in [0.5, 0.6) is 0 Å². The van der Waals surface area contributed by atoms with Crippen molar-refractivity contribution in [1.82, 2.24) is 14.9 Å². The van der Waals surface area contributed by atoms with Gasteiger partial charge in [-0.2, -0.15) is 0 Å². The van der Waals surface area contributed by atoms with Crippen molar-refractivity contribution in [2.45, 2.75) is 18.7 Å². The minimum Gasteiger partial charge on any atom is -0.377 e. The van der Waals surface area contributed by atoms with Crippen molar-refractivity contribution in [1.29, 1.82) is 0 Å². The van der Waals surface area contributed by atoms with Gasteiger partial charge in [-0.3, -0.25) is 9.69 Å². The molecule has 146 valence electrons. The zero-order valence-corrected chi connectivity index (χ0v) is 15.6. The second-order valence-electron chi connectivity index (χ2n) is 6.86. The third-order valence-corrected chi connectivity index (χ3v) is 5.15. The number of nitrogens with zero attached hydrogens (tertiary/aromatic N) is 5. The van der Waals surface area contributed by atoms with Crippen LogP contribution in [0.15, 0.2) is 30.5 Å². The predicted octanol–water partition coefficient (Wildman–Crippen LogP) is 1.76. The molecule has 1 atom stereocenters. The van der Waals surface area contributed by atoms with Crippen LogP contribution < -0.4 is 9.80 Å². The van der Waals surface area contributed by atoms with Crippen molar-refractivity contribution in [3.05, 3.63) is 47.7 Å². The first-order valence-electron chi connectivity index (χ1n) is 8.90. The van der Waals surface area contributed by atoms with Gasteiger partial charge in [0.05, 0.1) is 6.20 Å². The molecular formula is C19H20FN5O3. The summed E-state index contributed by atoms with van der Waals surface area (Å²) in [5.74, 6) is 0.643. The van der Waals surface area contributed by atoms with Crippen molar-refractivity contribution in [3.8, 4) is 0 Å². The fraction of sp³-hybridized carbons (Fsp3) is 0.368. The number of carbonyl (C=O) groups excluding carboxylic acids is 2. The topological polar surface area (TPSA) is 78.9 Å². The molecule has 2 aliphatic rings. The maximum Gasteiger partial charge on any atom is 0.326 e. The van der Waals surface area contributed by atoms with Crippen LogP contribution in [0, 0.1) is 5.82 Å². The van der Waals surface area contributed by atoms with Crippen molar-refractivity contribution in [2.24, 2.45) is 0 Å². The van der Waals surface area contributed by atoms with Crippen LogP contribution in [-0.4, -0.2) is 60.6 Å². The van der Waals surface area contributed by atoms with Gasteiger partial charge in [0, 0.05) is 33.2 Å². The Morgan fingerprint density at radius 2 is 2.11 bits per heavy atom. The SMILES string of the molecule is COCc1ncc2c(n1)N(C)C(C=O)N2C(=O)N1CC(c2ccccc2F)C1. The summed E-state index contributed by atoms with van der Waals surface area (Å²) < 4.78 is 19.0. The summed E-state index contributed by atoms with van der Waals surface area (Å²) in [7, 11) is 3.24. The van der Waals surface area contributed by atoms with Crippen LogP contribution >= 0.6 is 0 Å². The van der Waals surface area contributed by atoms with Crippen molar-refractivity contribution >= 4 is 23.8 Å². The van der Waals surface area contributed by atoms with Crippen molar-refractivity contribution < 1.29 is 18.7 Å². The Kier molecular flexibility index (Phi) is 4.68. The van der Waals surface area contributed by atoms with Crippen molar-refractivity contribution in [2.75, 3.05) is 37.0 Å². The second kappa shape index (κ2) is 7.16. The quantitative estimate of drug-likeness (QED) is 0.747. The maximum atomic E-state index is 14.0. The van der Waals surface area contributed by atoms with E-state index in [1.165, 1.54) is 17.2 Å². The van der Waals surface area contributed by atoms with Crippen molar-refractivity contribution in [3.63, 3.8) is 0 Å². The summed E-state index contributed by atoms with van der Waals surface area (Å²) in [6.45, 7) is 1.02. The number of halogens is 1. The monoisotopic (exact) mass is 385 g/mol. The smallest absolute Gasteiger partial charge is 0.326 e. The number of anilines is 2. The number of aldehydes is 1. The number of likely N-dealkylation sites (N-methyl/N-ethyl adjacent to an activating group) is 1. The molecule has 2 amide bonds. The van der Waals surface area contributed by atoms with Crippen LogP contribution in [0.3, 0.4) is 0 Å². The summed E-state index contributed by atoms with van der Waals surface area (Å²) in [6, 6.07) is 6.26. The Morgan fingerprint density at radius 1 is 1.36 bits per heavy atom. The van der Waals surface area contributed by atoms with Gasteiger partial charge in [0.2, 0.25) is 0 Å². The fourth-order valence-corrected chi connectivity index (χ4v) is 3.63. The van der Waals surface area contributed by atoms with E-state index in [1.807, 2.05) is 0 Å². The number of methoxy groups -OCH3 is 1. The lowest BCUT2D eigenvalue weighted by molar-refractivity contribution is -0.108. The third kappa shape index (κ3) is 2.88. The zero-order chi connectivity index (χ0) is 19.8. The molecule has 9 heteroatoms. The number of carbonyl (C=O) groups is 2. The van der Waals surface area contributed by atoms with Crippen LogP contribution in [-0.2, 0) is 16.1 Å². The molecule has 0 spiro atoms. The Morgan fingerprint density at radius 3 is 2.79 bits per heavy atom. The highest BCUT2D eigenvalue weighted by Crippen LogP contribution is 2.38. The average molecular weight is 385 g/mol. The number of benzene rings is 1. The average Bonchev–Trinajstić information content (AvgIpc) is 2.94. The number of fused-ring (bicyclic) bond motifs is 1. The first-order valence-corrected chi connectivity index (χ1v) is 8.90. The standard InChI is InChI=1S/C19H20FN5O3/c1-23-17(10-26)25(15-7-21-16(11-28-2)22-18(15)23)19(27)24-8-12(9-24)13-5-3-4-6-14(13)20/h3-7,10,12,17H,8-9,11H2,1-2H3. The lowest BCUT2D eigenvalue weighted by atomic mass is 9.91. The van der Waals surface area contributed by atoms with Gasteiger partial charge >= 0.3 is 6.03 Å². The number of hydrogen-bond acceptors (Lipinski definition) is 6. The highest BCUT2D eigenvalue weighted by Gasteiger charge is 2.44. The van der Waals surface area contributed by atoms with E-state index in [9.17, 15) is 14.0 Å². The van der Waals surface area contributed by atoms with Gasteiger partial charge < -0.3 is 14.5 Å². The summed E-state index contributed by atoms with van der Waals surface area (Å²) >= 11 is 0. The van der Waals surface area contributed by atoms with Gasteiger partial charge in [-0.1, -0.05) is 18.2 Å². The lowest BCUT2D eigenvalue weighted by Gasteiger charge is -2.42. The van der Waals surface area contributed by atoms with E-state index < -0.39 is 6.17 Å². The number of aromatic nitrogens is 2. The first-order chi connectivity index (χ1) is 13.5. The molecule has 8 nitrogen and oxygen atoms in total. The highest BCUT2D eigenvalue weighted by atomic mass is 19.1. The van der Waals surface area contributed by atoms with Gasteiger partial charge in [-0.05, 0) is 11.6 Å². The van der Waals surface area contributed by atoms with E-state index in [4.69, 9.17) is 4.74 Å². The Balaban J connectivity index is 1.55. The lowest BCUT2D eigenvalue weighted by Crippen LogP contribution is -2.57. The third-order valence-electron chi connectivity index (χ3n) is 5.15. The molecule has 3 heterocycles. The maximum absolute atomic E-state index is 14.0. The molecule has 4 rings (SSSR count). The Labute approximate surface area is 161 Å². The van der Waals surface area contributed by atoms with E-state index in [1.54, 1.807) is 42.2 Å².